The molecule has 3 aromatic rings. The molecule has 0 spiro atoms. The van der Waals surface area contributed by atoms with Gasteiger partial charge in [-0.15, -0.1) is 0 Å². The number of aromatic nitrogens is 1. The van der Waals surface area contributed by atoms with E-state index in [1.807, 2.05) is 11.0 Å². The number of carbonyl (C=O) groups excluding carboxylic acids is 3. The number of Topliss-reactive ketones (excluding diaryl/α,β-unsaturated/α-hetero) is 1. The number of primary amides is 1. The molecule has 1 aliphatic heterocycles. The normalized spacial score (nSPS) is 14.7. The van der Waals surface area contributed by atoms with Crippen LogP contribution in [0.25, 0.3) is 0 Å². The van der Waals surface area contributed by atoms with Crippen molar-refractivity contribution in [1.82, 2.24) is 14.4 Å². The maximum absolute atomic E-state index is 13.1. The van der Waals surface area contributed by atoms with Crippen molar-refractivity contribution in [2.45, 2.75) is 13.5 Å². The Morgan fingerprint density at radius 3 is 2.35 bits per heavy atom. The number of ketones is 1. The maximum atomic E-state index is 13.1. The summed E-state index contributed by atoms with van der Waals surface area (Å²) in [5, 5.41) is 0. The summed E-state index contributed by atoms with van der Waals surface area (Å²) >= 11 is 0. The molecule has 0 saturated carbocycles. The molecule has 9 heteroatoms. The minimum absolute atomic E-state index is 0.118. The zero-order valence-corrected chi connectivity index (χ0v) is 17.2. The summed E-state index contributed by atoms with van der Waals surface area (Å²) in [6.07, 6.45) is 3.04. The highest BCUT2D eigenvalue weighted by molar-refractivity contribution is 6.01. The molecule has 0 aliphatic carbocycles. The van der Waals surface area contributed by atoms with Crippen molar-refractivity contribution in [3.63, 3.8) is 0 Å². The molecule has 1 saturated heterocycles. The molecule has 4 rings (SSSR count). The summed E-state index contributed by atoms with van der Waals surface area (Å²) in [6.45, 7) is 4.43. The highest BCUT2D eigenvalue weighted by atomic mass is 16.3. The summed E-state index contributed by atoms with van der Waals surface area (Å²) in [4.78, 5) is 41.0. The number of carbonyl (C=O) groups is 3. The van der Waals surface area contributed by atoms with Crippen molar-refractivity contribution < 1.29 is 23.2 Å². The maximum Gasteiger partial charge on any atom is 0.289 e. The van der Waals surface area contributed by atoms with Gasteiger partial charge < -0.3 is 24.0 Å². The molecule has 0 unspecified atom stereocenters. The largest absolute Gasteiger partial charge is 0.467 e. The van der Waals surface area contributed by atoms with E-state index >= 15 is 0 Å². The smallest absolute Gasteiger partial charge is 0.289 e. The van der Waals surface area contributed by atoms with E-state index < -0.39 is 5.91 Å². The lowest BCUT2D eigenvalue weighted by Crippen LogP contribution is -2.50. The van der Waals surface area contributed by atoms with Crippen molar-refractivity contribution in [2.75, 3.05) is 32.7 Å². The number of rotatable bonds is 7. The molecule has 0 bridgehead atoms. The number of hydrogen-bond acceptors (Lipinski definition) is 6. The first-order valence-electron chi connectivity index (χ1n) is 10.0. The van der Waals surface area contributed by atoms with Gasteiger partial charge in [0.25, 0.3) is 11.8 Å². The third kappa shape index (κ3) is 4.31. The van der Waals surface area contributed by atoms with Gasteiger partial charge in [-0.25, -0.2) is 0 Å². The molecule has 9 nitrogen and oxygen atoms in total. The zero-order chi connectivity index (χ0) is 22.0. The van der Waals surface area contributed by atoms with Crippen LogP contribution in [0.1, 0.15) is 42.9 Å². The highest BCUT2D eigenvalue weighted by Crippen LogP contribution is 2.19. The second-order valence-electron chi connectivity index (χ2n) is 7.53. The van der Waals surface area contributed by atoms with Crippen molar-refractivity contribution >= 4 is 17.6 Å². The zero-order valence-electron chi connectivity index (χ0n) is 17.2. The van der Waals surface area contributed by atoms with Gasteiger partial charge in [-0.1, -0.05) is 0 Å². The quantitative estimate of drug-likeness (QED) is 0.578. The van der Waals surface area contributed by atoms with Gasteiger partial charge in [-0.05, 0) is 37.3 Å². The standard InChI is InChI=1S/C22H24N4O5/c1-15-17(21(23)28)12-18(26(15)13-16-4-2-10-30-16)19(27)14-24-6-8-25(9-7-24)22(29)20-5-3-11-31-20/h2-5,10-12H,6-9,13-14H2,1H3,(H2,23,28). The monoisotopic (exact) mass is 424 g/mol. The molecule has 4 heterocycles. The Morgan fingerprint density at radius 1 is 1.03 bits per heavy atom. The summed E-state index contributed by atoms with van der Waals surface area (Å²) in [6, 6.07) is 8.47. The first-order valence-corrected chi connectivity index (χ1v) is 10.0. The summed E-state index contributed by atoms with van der Waals surface area (Å²) in [7, 11) is 0. The Kier molecular flexibility index (Phi) is 5.77. The van der Waals surface area contributed by atoms with E-state index in [0.717, 1.165) is 0 Å². The topological polar surface area (TPSA) is 115 Å². The van der Waals surface area contributed by atoms with Crippen LogP contribution < -0.4 is 5.73 Å². The van der Waals surface area contributed by atoms with Gasteiger partial charge in [0, 0.05) is 31.9 Å². The van der Waals surface area contributed by atoms with Crippen molar-refractivity contribution in [2.24, 2.45) is 5.73 Å². The number of hydrogen-bond donors (Lipinski definition) is 1. The van der Waals surface area contributed by atoms with Gasteiger partial charge in [-0.2, -0.15) is 0 Å². The average Bonchev–Trinajstić information content (AvgIpc) is 3.51. The van der Waals surface area contributed by atoms with E-state index in [9.17, 15) is 14.4 Å². The van der Waals surface area contributed by atoms with E-state index in [2.05, 4.69) is 0 Å². The Labute approximate surface area is 179 Å². The molecule has 2 amide bonds. The van der Waals surface area contributed by atoms with Crippen molar-refractivity contribution in [3.8, 4) is 0 Å². The number of furan rings is 2. The molecule has 2 N–H and O–H groups in total. The fourth-order valence-corrected chi connectivity index (χ4v) is 3.84. The van der Waals surface area contributed by atoms with E-state index in [1.165, 1.54) is 6.26 Å². The van der Waals surface area contributed by atoms with Gasteiger partial charge in [0.05, 0.1) is 36.9 Å². The third-order valence-corrected chi connectivity index (χ3v) is 5.57. The summed E-state index contributed by atoms with van der Waals surface area (Å²) < 4.78 is 12.3. The first kappa shape index (κ1) is 20.7. The first-order chi connectivity index (χ1) is 14.9. The SMILES string of the molecule is Cc1c(C(N)=O)cc(C(=O)CN2CCN(C(=O)c3ccco3)CC2)n1Cc1ccco1. The predicted molar refractivity (Wildman–Crippen MR) is 111 cm³/mol. The molecule has 3 aromatic heterocycles. The van der Waals surface area contributed by atoms with Crippen LogP contribution in [-0.4, -0.2) is 64.7 Å². The molecule has 0 atom stereocenters. The molecule has 1 aliphatic rings. The van der Waals surface area contributed by atoms with Crippen molar-refractivity contribution in [1.29, 1.82) is 0 Å². The molecule has 162 valence electrons. The van der Waals surface area contributed by atoms with E-state index in [0.29, 0.717) is 61.2 Å². The molecule has 31 heavy (non-hydrogen) atoms. The Balaban J connectivity index is 1.44. The van der Waals surface area contributed by atoms with Gasteiger partial charge in [-0.3, -0.25) is 19.3 Å². The van der Waals surface area contributed by atoms with Gasteiger partial charge >= 0.3 is 0 Å². The van der Waals surface area contributed by atoms with Crippen LogP contribution in [0, 0.1) is 6.92 Å². The van der Waals surface area contributed by atoms with Crippen LogP contribution in [0.15, 0.2) is 51.7 Å². The molecule has 0 aromatic carbocycles. The van der Waals surface area contributed by atoms with Crippen LogP contribution in [0.3, 0.4) is 0 Å². The van der Waals surface area contributed by atoms with Crippen molar-refractivity contribution in [3.05, 3.63) is 71.3 Å². The van der Waals surface area contributed by atoms with Gasteiger partial charge in [0.1, 0.15) is 5.76 Å². The lowest BCUT2D eigenvalue weighted by Gasteiger charge is -2.33. The highest BCUT2D eigenvalue weighted by Gasteiger charge is 2.27. The third-order valence-electron chi connectivity index (χ3n) is 5.57. The number of piperazine rings is 1. The van der Waals surface area contributed by atoms with Crippen LogP contribution >= 0.6 is 0 Å². The van der Waals surface area contributed by atoms with Gasteiger partial charge in [0.15, 0.2) is 11.5 Å². The van der Waals surface area contributed by atoms with Crippen LogP contribution in [0.2, 0.25) is 0 Å². The minimum atomic E-state index is -0.574. The number of nitrogens with two attached hydrogens (primary N) is 1. The molecule has 0 radical (unpaired) electrons. The molecular weight excluding hydrogens is 400 g/mol. The minimum Gasteiger partial charge on any atom is -0.467 e. The predicted octanol–water partition coefficient (Wildman–Crippen LogP) is 1.77. The number of amides is 2. The Bertz CT molecular complexity index is 1070. The van der Waals surface area contributed by atoms with Gasteiger partial charge in [0.2, 0.25) is 0 Å². The second-order valence-corrected chi connectivity index (χ2v) is 7.53. The Hall–Kier alpha value is -3.59. The fraction of sp³-hybridized carbons (Fsp3) is 0.318. The Morgan fingerprint density at radius 2 is 1.74 bits per heavy atom. The fourth-order valence-electron chi connectivity index (χ4n) is 3.84. The number of nitrogens with zero attached hydrogens (tertiary/aromatic N) is 3. The van der Waals surface area contributed by atoms with E-state index in [-0.39, 0.29) is 18.2 Å². The van der Waals surface area contributed by atoms with Crippen LogP contribution in [-0.2, 0) is 6.54 Å². The second kappa shape index (κ2) is 8.65. The summed E-state index contributed by atoms with van der Waals surface area (Å²) in [5.74, 6) is 0.149. The van der Waals surface area contributed by atoms with E-state index in [1.54, 1.807) is 46.9 Å². The molecule has 1 fully saturated rings. The van der Waals surface area contributed by atoms with E-state index in [4.69, 9.17) is 14.6 Å². The van der Waals surface area contributed by atoms with Crippen LogP contribution in [0.4, 0.5) is 0 Å². The lowest BCUT2D eigenvalue weighted by molar-refractivity contribution is 0.0595. The summed E-state index contributed by atoms with van der Waals surface area (Å²) in [5.41, 5.74) is 6.86. The average molecular weight is 424 g/mol. The molecular formula is C22H24N4O5. The lowest BCUT2D eigenvalue weighted by atomic mass is 10.2. The van der Waals surface area contributed by atoms with Crippen LogP contribution in [0.5, 0.6) is 0 Å².